The largest absolute Gasteiger partial charge is 0.338 e. The number of carbonyl (C=O) groups excluding carboxylic acids is 2. The number of fused-ring (bicyclic) bond motifs is 1. The first-order valence-electron chi connectivity index (χ1n) is 7.11. The molecule has 0 radical (unpaired) electrons. The SMILES string of the molecule is CCCC(=O)N(C)CC(=O)Cc1nc2ccc(C)cc2s1. The normalized spacial score (nSPS) is 10.8. The minimum absolute atomic E-state index is 0.0192. The monoisotopic (exact) mass is 304 g/mol. The first-order valence-corrected chi connectivity index (χ1v) is 7.93. The van der Waals surface area contributed by atoms with Gasteiger partial charge >= 0.3 is 0 Å². The number of Topliss-reactive ketones (excluding diaryl/α,β-unsaturated/α-hetero) is 1. The summed E-state index contributed by atoms with van der Waals surface area (Å²) in [7, 11) is 1.68. The second kappa shape index (κ2) is 6.80. The van der Waals surface area contributed by atoms with Crippen molar-refractivity contribution in [3.8, 4) is 0 Å². The van der Waals surface area contributed by atoms with Crippen LogP contribution in [0.2, 0.25) is 0 Å². The van der Waals surface area contributed by atoms with E-state index in [-0.39, 0.29) is 18.2 Å². The predicted octanol–water partition coefficient (Wildman–Crippen LogP) is 2.97. The minimum atomic E-state index is 0.0192. The third-order valence-electron chi connectivity index (χ3n) is 3.24. The lowest BCUT2D eigenvalue weighted by Crippen LogP contribution is -2.32. The fraction of sp³-hybridized carbons (Fsp3) is 0.438. The zero-order valence-electron chi connectivity index (χ0n) is 12.7. The number of hydrogen-bond acceptors (Lipinski definition) is 4. The minimum Gasteiger partial charge on any atom is -0.338 e. The van der Waals surface area contributed by atoms with Crippen molar-refractivity contribution in [2.45, 2.75) is 33.1 Å². The lowest BCUT2D eigenvalue weighted by molar-refractivity contribution is -0.133. The van der Waals surface area contributed by atoms with E-state index in [1.807, 2.05) is 26.0 Å². The van der Waals surface area contributed by atoms with Gasteiger partial charge in [0.25, 0.3) is 0 Å². The van der Waals surface area contributed by atoms with Crippen LogP contribution in [0.5, 0.6) is 0 Å². The van der Waals surface area contributed by atoms with Gasteiger partial charge in [0.05, 0.1) is 23.2 Å². The van der Waals surface area contributed by atoms with Gasteiger partial charge < -0.3 is 4.90 Å². The summed E-state index contributed by atoms with van der Waals surface area (Å²) in [5.74, 6) is 0.0449. The number of ketones is 1. The highest BCUT2D eigenvalue weighted by Crippen LogP contribution is 2.23. The molecule has 0 fully saturated rings. The number of thiazole rings is 1. The van der Waals surface area contributed by atoms with Gasteiger partial charge in [-0.25, -0.2) is 4.98 Å². The maximum absolute atomic E-state index is 12.0. The van der Waals surface area contributed by atoms with Gasteiger partial charge in [0, 0.05) is 13.5 Å². The molecule has 0 aliphatic carbocycles. The van der Waals surface area contributed by atoms with Crippen LogP contribution in [-0.2, 0) is 16.0 Å². The number of rotatable bonds is 6. The van der Waals surface area contributed by atoms with Crippen LogP contribution in [0.1, 0.15) is 30.3 Å². The number of hydrogen-bond donors (Lipinski definition) is 0. The molecular weight excluding hydrogens is 284 g/mol. The Morgan fingerprint density at radius 3 is 2.81 bits per heavy atom. The summed E-state index contributed by atoms with van der Waals surface area (Å²) in [5.41, 5.74) is 2.12. The van der Waals surface area contributed by atoms with Crippen molar-refractivity contribution in [1.82, 2.24) is 9.88 Å². The van der Waals surface area contributed by atoms with Crippen LogP contribution in [0.25, 0.3) is 10.2 Å². The summed E-state index contributed by atoms with van der Waals surface area (Å²) in [4.78, 5) is 29.7. The molecule has 0 aliphatic heterocycles. The molecule has 1 aromatic carbocycles. The van der Waals surface area contributed by atoms with E-state index in [9.17, 15) is 9.59 Å². The molecule has 4 nitrogen and oxygen atoms in total. The van der Waals surface area contributed by atoms with Gasteiger partial charge in [0.1, 0.15) is 5.01 Å². The highest BCUT2D eigenvalue weighted by Gasteiger charge is 2.14. The topological polar surface area (TPSA) is 50.3 Å². The Morgan fingerprint density at radius 1 is 1.33 bits per heavy atom. The molecule has 1 amide bonds. The number of aryl methyl sites for hydroxylation is 1. The summed E-state index contributed by atoms with van der Waals surface area (Å²) in [5, 5.41) is 0.817. The van der Waals surface area contributed by atoms with Crippen LogP contribution in [0, 0.1) is 6.92 Å². The molecule has 0 saturated heterocycles. The summed E-state index contributed by atoms with van der Waals surface area (Å²) in [6.45, 7) is 4.16. The molecule has 21 heavy (non-hydrogen) atoms. The maximum atomic E-state index is 12.0. The quantitative estimate of drug-likeness (QED) is 0.824. The van der Waals surface area contributed by atoms with Gasteiger partial charge in [-0.2, -0.15) is 0 Å². The van der Waals surface area contributed by atoms with Crippen LogP contribution < -0.4 is 0 Å². The summed E-state index contributed by atoms with van der Waals surface area (Å²) < 4.78 is 1.10. The first-order chi connectivity index (χ1) is 9.99. The smallest absolute Gasteiger partial charge is 0.222 e. The number of benzene rings is 1. The molecule has 2 aromatic rings. The van der Waals surface area contributed by atoms with Crippen molar-refractivity contribution in [3.05, 3.63) is 28.8 Å². The van der Waals surface area contributed by atoms with Crippen molar-refractivity contribution >= 4 is 33.2 Å². The van der Waals surface area contributed by atoms with E-state index in [1.54, 1.807) is 18.4 Å². The van der Waals surface area contributed by atoms with Crippen molar-refractivity contribution in [2.24, 2.45) is 0 Å². The summed E-state index contributed by atoms with van der Waals surface area (Å²) >= 11 is 1.55. The molecular formula is C16H20N2O2S. The molecule has 0 aliphatic rings. The Bertz CT molecular complexity index is 663. The van der Waals surface area contributed by atoms with Gasteiger partial charge in [0.2, 0.25) is 5.91 Å². The fourth-order valence-corrected chi connectivity index (χ4v) is 3.23. The maximum Gasteiger partial charge on any atom is 0.222 e. The van der Waals surface area contributed by atoms with Crippen LogP contribution in [0.3, 0.4) is 0 Å². The Labute approximate surface area is 128 Å². The van der Waals surface area contributed by atoms with Crippen LogP contribution in [0.4, 0.5) is 0 Å². The van der Waals surface area contributed by atoms with Gasteiger partial charge in [-0.15, -0.1) is 11.3 Å². The molecule has 2 rings (SSSR count). The van der Waals surface area contributed by atoms with E-state index < -0.39 is 0 Å². The van der Waals surface area contributed by atoms with E-state index in [0.717, 1.165) is 21.6 Å². The van der Waals surface area contributed by atoms with Crippen molar-refractivity contribution in [1.29, 1.82) is 0 Å². The van der Waals surface area contributed by atoms with Crippen molar-refractivity contribution in [2.75, 3.05) is 13.6 Å². The molecule has 0 unspecified atom stereocenters. The highest BCUT2D eigenvalue weighted by molar-refractivity contribution is 7.18. The van der Waals surface area contributed by atoms with Crippen molar-refractivity contribution in [3.63, 3.8) is 0 Å². The van der Waals surface area contributed by atoms with E-state index in [2.05, 4.69) is 11.1 Å². The second-order valence-corrected chi connectivity index (χ2v) is 6.41. The molecule has 0 bridgehead atoms. The third-order valence-corrected chi connectivity index (χ3v) is 4.26. The second-order valence-electron chi connectivity index (χ2n) is 5.29. The van der Waals surface area contributed by atoms with Crippen LogP contribution in [0.15, 0.2) is 18.2 Å². The zero-order valence-corrected chi connectivity index (χ0v) is 13.5. The average Bonchev–Trinajstić information content (AvgIpc) is 2.79. The van der Waals surface area contributed by atoms with Gasteiger partial charge in [-0.3, -0.25) is 9.59 Å². The van der Waals surface area contributed by atoms with E-state index in [1.165, 1.54) is 10.5 Å². The highest BCUT2D eigenvalue weighted by atomic mass is 32.1. The summed E-state index contributed by atoms with van der Waals surface area (Å²) in [6, 6.07) is 6.08. The predicted molar refractivity (Wildman–Crippen MR) is 85.6 cm³/mol. The molecule has 0 spiro atoms. The molecule has 112 valence electrons. The molecule has 0 N–H and O–H groups in total. The van der Waals surface area contributed by atoms with E-state index in [4.69, 9.17) is 0 Å². The molecule has 1 aromatic heterocycles. The lowest BCUT2D eigenvalue weighted by atomic mass is 10.2. The Morgan fingerprint density at radius 2 is 2.10 bits per heavy atom. The van der Waals surface area contributed by atoms with Gasteiger partial charge in [-0.05, 0) is 31.0 Å². The van der Waals surface area contributed by atoms with Gasteiger partial charge in [-0.1, -0.05) is 13.0 Å². The molecule has 0 atom stereocenters. The number of aromatic nitrogens is 1. The van der Waals surface area contributed by atoms with Crippen LogP contribution >= 0.6 is 11.3 Å². The summed E-state index contributed by atoms with van der Waals surface area (Å²) in [6.07, 6.45) is 1.58. The standard InChI is InChI=1S/C16H20N2O2S/c1-4-5-16(20)18(3)10-12(19)9-15-17-13-7-6-11(2)8-14(13)21-15/h6-8H,4-5,9-10H2,1-3H3. The zero-order chi connectivity index (χ0) is 15.4. The number of carbonyl (C=O) groups is 2. The average molecular weight is 304 g/mol. The number of likely N-dealkylation sites (N-methyl/N-ethyl adjacent to an activating group) is 1. The number of nitrogens with zero attached hydrogens (tertiary/aromatic N) is 2. The van der Waals surface area contributed by atoms with Crippen molar-refractivity contribution < 1.29 is 9.59 Å². The lowest BCUT2D eigenvalue weighted by Gasteiger charge is -2.15. The van der Waals surface area contributed by atoms with Gasteiger partial charge in [0.15, 0.2) is 5.78 Å². The van der Waals surface area contributed by atoms with E-state index >= 15 is 0 Å². The van der Waals surface area contributed by atoms with Crippen LogP contribution in [-0.4, -0.2) is 35.2 Å². The Kier molecular flexibility index (Phi) is 5.07. The molecule has 1 heterocycles. The Hall–Kier alpha value is -1.75. The Balaban J connectivity index is 1.99. The molecule has 5 heteroatoms. The first kappa shape index (κ1) is 15.6. The molecule has 0 saturated carbocycles. The van der Waals surface area contributed by atoms with E-state index in [0.29, 0.717) is 12.8 Å². The third kappa shape index (κ3) is 4.11. The number of amides is 1. The fourth-order valence-electron chi connectivity index (χ4n) is 2.14.